The van der Waals surface area contributed by atoms with E-state index in [1.165, 1.54) is 186 Å². The van der Waals surface area contributed by atoms with Gasteiger partial charge in [-0.05, 0) is 32.4 Å². The highest BCUT2D eigenvalue weighted by molar-refractivity contribution is 5.66. The van der Waals surface area contributed by atoms with E-state index in [-0.39, 0.29) is 0 Å². The normalized spacial score (nSPS) is 11.4. The van der Waals surface area contributed by atoms with Crippen LogP contribution in [-0.4, -0.2) is 24.2 Å². The van der Waals surface area contributed by atoms with Gasteiger partial charge in [0, 0.05) is 6.42 Å². The Morgan fingerprint density at radius 3 is 0.919 bits per heavy atom. The minimum absolute atomic E-state index is 0.342. The van der Waals surface area contributed by atoms with E-state index in [9.17, 15) is 4.79 Å². The summed E-state index contributed by atoms with van der Waals surface area (Å²) in [6, 6.07) is 0. The average molecular weight is 524 g/mol. The Labute approximate surface area is 233 Å². The van der Waals surface area contributed by atoms with Crippen molar-refractivity contribution in [1.82, 2.24) is 5.32 Å². The van der Waals surface area contributed by atoms with Crippen LogP contribution in [0.5, 0.6) is 0 Å². The Balaban J connectivity index is 3.02. The summed E-state index contributed by atoms with van der Waals surface area (Å²) in [5, 5.41) is 12.3. The molecule has 0 aliphatic carbocycles. The van der Waals surface area contributed by atoms with Crippen LogP contribution in [0.4, 0.5) is 0 Å². The number of carbonyl (C=O) groups is 1. The number of hydrogen-bond donors (Lipinski definition) is 2. The standard InChI is InChI=1S/C34H69NO2/c1-2-3-4-5-6-7-8-9-10-11-12-14-17-20-23-26-29-32-35-33-30-27-24-21-18-15-13-16-19-22-25-28-31-34(36)37/h35H,2-33H2,1H3,(H,36,37). The van der Waals surface area contributed by atoms with Crippen LogP contribution in [-0.2, 0) is 4.79 Å². The first-order valence-corrected chi connectivity index (χ1v) is 17.2. The molecule has 0 aromatic carbocycles. The van der Waals surface area contributed by atoms with Crippen LogP contribution in [0.2, 0.25) is 0 Å². The molecular formula is C34H69NO2. The van der Waals surface area contributed by atoms with Gasteiger partial charge in [0.05, 0.1) is 0 Å². The van der Waals surface area contributed by atoms with Crippen LogP contribution in [0, 0.1) is 0 Å². The van der Waals surface area contributed by atoms with Crippen molar-refractivity contribution in [3.63, 3.8) is 0 Å². The molecule has 2 N–H and O–H groups in total. The Bertz CT molecular complexity index is 426. The van der Waals surface area contributed by atoms with Gasteiger partial charge in [-0.25, -0.2) is 0 Å². The quantitative estimate of drug-likeness (QED) is 0.0841. The third-order valence-corrected chi connectivity index (χ3v) is 7.95. The third kappa shape index (κ3) is 35.4. The molecule has 3 nitrogen and oxygen atoms in total. The maximum atomic E-state index is 10.5. The maximum absolute atomic E-state index is 10.5. The minimum atomic E-state index is -0.652. The Hall–Kier alpha value is -0.570. The predicted molar refractivity (Wildman–Crippen MR) is 165 cm³/mol. The molecule has 0 radical (unpaired) electrons. The molecule has 0 aliphatic heterocycles. The van der Waals surface area contributed by atoms with Gasteiger partial charge < -0.3 is 10.4 Å². The summed E-state index contributed by atoms with van der Waals surface area (Å²) in [4.78, 5) is 10.5. The zero-order valence-electron chi connectivity index (χ0n) is 25.5. The molecule has 3 heteroatoms. The fourth-order valence-corrected chi connectivity index (χ4v) is 5.39. The van der Waals surface area contributed by atoms with Crippen molar-refractivity contribution in [3.8, 4) is 0 Å². The highest BCUT2D eigenvalue weighted by Gasteiger charge is 1.98. The molecule has 0 aromatic heterocycles. The summed E-state index contributed by atoms with van der Waals surface area (Å²) < 4.78 is 0. The van der Waals surface area contributed by atoms with Crippen LogP contribution in [0.3, 0.4) is 0 Å². The molecular weight excluding hydrogens is 454 g/mol. The van der Waals surface area contributed by atoms with Gasteiger partial charge in [-0.15, -0.1) is 0 Å². The fraction of sp³-hybridized carbons (Fsp3) is 0.971. The lowest BCUT2D eigenvalue weighted by molar-refractivity contribution is -0.137. The molecule has 37 heavy (non-hydrogen) atoms. The van der Waals surface area contributed by atoms with E-state index < -0.39 is 5.97 Å². The Morgan fingerprint density at radius 1 is 0.405 bits per heavy atom. The largest absolute Gasteiger partial charge is 0.481 e. The number of nitrogens with one attached hydrogen (secondary N) is 1. The zero-order valence-corrected chi connectivity index (χ0v) is 25.5. The van der Waals surface area contributed by atoms with Crippen LogP contribution in [0.1, 0.15) is 200 Å². The monoisotopic (exact) mass is 524 g/mol. The van der Waals surface area contributed by atoms with E-state index in [2.05, 4.69) is 12.2 Å². The van der Waals surface area contributed by atoms with Crippen LogP contribution in [0.25, 0.3) is 0 Å². The maximum Gasteiger partial charge on any atom is 0.303 e. The van der Waals surface area contributed by atoms with Crippen LogP contribution < -0.4 is 5.32 Å². The highest BCUT2D eigenvalue weighted by Crippen LogP contribution is 2.14. The molecule has 0 saturated heterocycles. The second-order valence-electron chi connectivity index (χ2n) is 11.8. The summed E-state index contributed by atoms with van der Waals surface area (Å²) in [6.07, 6.45) is 40.4. The van der Waals surface area contributed by atoms with Crippen LogP contribution >= 0.6 is 0 Å². The summed E-state index contributed by atoms with van der Waals surface area (Å²) in [6.45, 7) is 4.73. The molecule has 0 spiro atoms. The average Bonchev–Trinajstić information content (AvgIpc) is 2.89. The van der Waals surface area contributed by atoms with Gasteiger partial charge in [-0.3, -0.25) is 4.79 Å². The fourth-order valence-electron chi connectivity index (χ4n) is 5.39. The molecule has 0 aliphatic rings. The molecule has 0 rings (SSSR count). The van der Waals surface area contributed by atoms with Gasteiger partial charge in [-0.1, -0.05) is 174 Å². The number of hydrogen-bond acceptors (Lipinski definition) is 2. The Morgan fingerprint density at radius 2 is 0.649 bits per heavy atom. The smallest absolute Gasteiger partial charge is 0.303 e. The molecule has 0 fully saturated rings. The lowest BCUT2D eigenvalue weighted by Gasteiger charge is -2.06. The van der Waals surface area contributed by atoms with Gasteiger partial charge in [-0.2, -0.15) is 0 Å². The topological polar surface area (TPSA) is 49.3 Å². The third-order valence-electron chi connectivity index (χ3n) is 7.95. The molecule has 222 valence electrons. The van der Waals surface area contributed by atoms with Gasteiger partial charge in [0.15, 0.2) is 0 Å². The Kier molecular flexibility index (Phi) is 32.9. The van der Waals surface area contributed by atoms with Crippen molar-refractivity contribution in [3.05, 3.63) is 0 Å². The molecule has 0 heterocycles. The number of rotatable bonds is 33. The second kappa shape index (κ2) is 33.5. The van der Waals surface area contributed by atoms with E-state index in [1.54, 1.807) is 0 Å². The predicted octanol–water partition coefficient (Wildman–Crippen LogP) is 11.4. The summed E-state index contributed by atoms with van der Waals surface area (Å²) in [7, 11) is 0. The lowest BCUT2D eigenvalue weighted by Crippen LogP contribution is -2.16. The molecule has 0 amide bonds. The highest BCUT2D eigenvalue weighted by atomic mass is 16.4. The van der Waals surface area contributed by atoms with Gasteiger partial charge in [0.1, 0.15) is 0 Å². The molecule has 0 saturated carbocycles. The van der Waals surface area contributed by atoms with E-state index in [1.807, 2.05) is 0 Å². The van der Waals surface area contributed by atoms with Crippen molar-refractivity contribution in [2.45, 2.75) is 200 Å². The zero-order chi connectivity index (χ0) is 26.9. The number of carboxylic acids is 1. The van der Waals surface area contributed by atoms with E-state index in [0.29, 0.717) is 6.42 Å². The minimum Gasteiger partial charge on any atom is -0.481 e. The number of unbranched alkanes of at least 4 members (excludes halogenated alkanes) is 27. The molecule has 0 unspecified atom stereocenters. The van der Waals surface area contributed by atoms with Crippen LogP contribution in [0.15, 0.2) is 0 Å². The second-order valence-corrected chi connectivity index (χ2v) is 11.8. The van der Waals surface area contributed by atoms with Crippen molar-refractivity contribution >= 4 is 5.97 Å². The van der Waals surface area contributed by atoms with Crippen molar-refractivity contribution in [2.24, 2.45) is 0 Å². The number of carboxylic acid groups (broad SMARTS) is 1. The van der Waals surface area contributed by atoms with Gasteiger partial charge in [0.2, 0.25) is 0 Å². The van der Waals surface area contributed by atoms with E-state index in [4.69, 9.17) is 5.11 Å². The van der Waals surface area contributed by atoms with Crippen molar-refractivity contribution in [1.29, 1.82) is 0 Å². The summed E-state index contributed by atoms with van der Waals surface area (Å²) in [5.41, 5.74) is 0. The lowest BCUT2D eigenvalue weighted by atomic mass is 10.0. The SMILES string of the molecule is CCCCCCCCCCCCCCCCCCCNCCCCCCCCCCCCCCC(=O)O. The number of aliphatic carboxylic acids is 1. The van der Waals surface area contributed by atoms with E-state index >= 15 is 0 Å². The first-order valence-electron chi connectivity index (χ1n) is 17.2. The first kappa shape index (κ1) is 36.4. The molecule has 0 atom stereocenters. The van der Waals surface area contributed by atoms with E-state index in [0.717, 1.165) is 12.8 Å². The molecule has 0 bridgehead atoms. The summed E-state index contributed by atoms with van der Waals surface area (Å²) >= 11 is 0. The van der Waals surface area contributed by atoms with Crippen molar-refractivity contribution < 1.29 is 9.90 Å². The first-order chi connectivity index (χ1) is 18.3. The van der Waals surface area contributed by atoms with Gasteiger partial charge >= 0.3 is 5.97 Å². The van der Waals surface area contributed by atoms with Gasteiger partial charge in [0.25, 0.3) is 0 Å². The van der Waals surface area contributed by atoms with Crippen molar-refractivity contribution in [2.75, 3.05) is 13.1 Å². The summed E-state index contributed by atoms with van der Waals surface area (Å²) in [5.74, 6) is -0.652. The molecule has 0 aromatic rings.